The lowest BCUT2D eigenvalue weighted by atomic mass is 9.95. The summed E-state index contributed by atoms with van der Waals surface area (Å²) in [6.07, 6.45) is -0.0878. The number of alkyl halides is 3. The lowest BCUT2D eigenvalue weighted by Gasteiger charge is -2.22. The highest BCUT2D eigenvalue weighted by atomic mass is 35.5. The van der Waals surface area contributed by atoms with Gasteiger partial charge in [-0.3, -0.25) is 9.36 Å². The summed E-state index contributed by atoms with van der Waals surface area (Å²) in [6, 6.07) is 11.7. The first-order valence-electron chi connectivity index (χ1n) is 11.8. The van der Waals surface area contributed by atoms with Gasteiger partial charge in [0.25, 0.3) is 5.91 Å². The molecule has 10 heteroatoms. The van der Waals surface area contributed by atoms with Crippen molar-refractivity contribution in [2.24, 2.45) is 0 Å². The van der Waals surface area contributed by atoms with E-state index in [1.54, 1.807) is 54.0 Å². The summed E-state index contributed by atoms with van der Waals surface area (Å²) in [5.41, 5.74) is 2.13. The number of hydrogen-bond acceptors (Lipinski definition) is 3. The monoisotopic (exact) mass is 539 g/mol. The van der Waals surface area contributed by atoms with Crippen LogP contribution in [0.2, 0.25) is 10.0 Å². The summed E-state index contributed by atoms with van der Waals surface area (Å²) in [4.78, 5) is 17.9. The highest BCUT2D eigenvalue weighted by molar-refractivity contribution is 6.36. The predicted molar refractivity (Wildman–Crippen MR) is 134 cm³/mol. The Balaban J connectivity index is 1.68. The smallest absolute Gasteiger partial charge is 0.392 e. The Kier molecular flexibility index (Phi) is 8.15. The molecule has 5 nitrogen and oxygen atoms in total. The van der Waals surface area contributed by atoms with Crippen molar-refractivity contribution in [3.05, 3.63) is 63.9 Å². The molecule has 0 aliphatic heterocycles. The van der Waals surface area contributed by atoms with Crippen LogP contribution < -0.4 is 10.1 Å². The molecule has 1 aliphatic carbocycles. The third-order valence-electron chi connectivity index (χ3n) is 6.18. The summed E-state index contributed by atoms with van der Waals surface area (Å²) in [7, 11) is 0. The van der Waals surface area contributed by atoms with E-state index in [2.05, 4.69) is 10.3 Å². The first-order valence-corrected chi connectivity index (χ1v) is 12.5. The Hall–Kier alpha value is -2.71. The van der Waals surface area contributed by atoms with E-state index in [1.165, 1.54) is 6.42 Å². The highest BCUT2D eigenvalue weighted by Gasteiger charge is 2.27. The zero-order valence-corrected chi connectivity index (χ0v) is 21.2. The first kappa shape index (κ1) is 26.4. The van der Waals surface area contributed by atoms with Crippen LogP contribution in [0.15, 0.2) is 42.5 Å². The third kappa shape index (κ3) is 6.34. The number of hydrogen-bond donors (Lipinski definition) is 1. The maximum absolute atomic E-state index is 13.2. The summed E-state index contributed by atoms with van der Waals surface area (Å²) < 4.78 is 44.3. The van der Waals surface area contributed by atoms with Crippen molar-refractivity contribution < 1.29 is 22.7 Å². The van der Waals surface area contributed by atoms with E-state index in [-0.39, 0.29) is 17.6 Å². The second kappa shape index (κ2) is 11.1. The second-order valence-electron chi connectivity index (χ2n) is 8.84. The molecular weight excluding hydrogens is 514 g/mol. The normalized spacial score (nSPS) is 14.6. The molecule has 0 unspecified atom stereocenters. The number of nitrogens with zero attached hydrogens (tertiary/aromatic N) is 2. The van der Waals surface area contributed by atoms with Crippen molar-refractivity contribution in [2.75, 3.05) is 6.61 Å². The standard InChI is InChI=1S/C26H26Cl2F3N3O2/c1-16-23(25(35)32-18-5-3-2-4-6-18)33-24(21-12-7-17(27)15-22(21)28)34(16)19-8-10-20(11-9-19)36-14-13-26(29,30)31/h7-12,15,18H,2-6,13-14H2,1H3,(H,32,35). The topological polar surface area (TPSA) is 56.2 Å². The third-order valence-corrected chi connectivity index (χ3v) is 6.73. The summed E-state index contributed by atoms with van der Waals surface area (Å²) in [5.74, 6) is 0.507. The van der Waals surface area contributed by atoms with E-state index >= 15 is 0 Å². The average Bonchev–Trinajstić information content (AvgIpc) is 3.16. The Morgan fingerprint density at radius 1 is 1.11 bits per heavy atom. The minimum atomic E-state index is -4.28. The second-order valence-corrected chi connectivity index (χ2v) is 9.69. The molecule has 192 valence electrons. The SMILES string of the molecule is Cc1c(C(=O)NC2CCCCC2)nc(-c2ccc(Cl)cc2Cl)n1-c1ccc(OCCC(F)(F)F)cc1. The lowest BCUT2D eigenvalue weighted by molar-refractivity contribution is -0.139. The van der Waals surface area contributed by atoms with Crippen molar-refractivity contribution in [1.29, 1.82) is 0 Å². The fourth-order valence-corrected chi connectivity index (χ4v) is 4.85. The number of ether oxygens (including phenoxy) is 1. The molecule has 1 saturated carbocycles. The maximum atomic E-state index is 13.2. The molecule has 1 N–H and O–H groups in total. The van der Waals surface area contributed by atoms with Gasteiger partial charge in [0.1, 0.15) is 17.3 Å². The molecule has 0 spiro atoms. The molecule has 3 aromatic rings. The van der Waals surface area contributed by atoms with Crippen LogP contribution in [0, 0.1) is 6.92 Å². The Bertz CT molecular complexity index is 1220. The number of imidazole rings is 1. The van der Waals surface area contributed by atoms with Crippen LogP contribution in [-0.4, -0.2) is 34.3 Å². The highest BCUT2D eigenvalue weighted by Crippen LogP contribution is 2.34. The Labute approximate surface area is 217 Å². The summed E-state index contributed by atoms with van der Waals surface area (Å²) in [5, 5.41) is 3.95. The molecule has 0 bridgehead atoms. The van der Waals surface area contributed by atoms with Gasteiger partial charge in [-0.05, 0) is 62.2 Å². The number of carbonyl (C=O) groups excluding carboxylic acids is 1. The number of nitrogens with one attached hydrogen (secondary N) is 1. The number of rotatable bonds is 7. The fraction of sp³-hybridized carbons (Fsp3) is 0.385. The van der Waals surface area contributed by atoms with Crippen LogP contribution in [0.3, 0.4) is 0 Å². The summed E-state index contributed by atoms with van der Waals surface area (Å²) >= 11 is 12.6. The molecule has 1 aliphatic rings. The minimum Gasteiger partial charge on any atom is -0.493 e. The molecule has 1 heterocycles. The Morgan fingerprint density at radius 2 is 1.81 bits per heavy atom. The van der Waals surface area contributed by atoms with Crippen molar-refractivity contribution >= 4 is 29.1 Å². The quantitative estimate of drug-likeness (QED) is 0.337. The molecule has 1 amide bonds. The molecular formula is C26H26Cl2F3N3O2. The van der Waals surface area contributed by atoms with Crippen molar-refractivity contribution in [2.45, 2.75) is 57.7 Å². The maximum Gasteiger partial charge on any atom is 0.392 e. The molecule has 2 aromatic carbocycles. The van der Waals surface area contributed by atoms with Gasteiger partial charge in [-0.1, -0.05) is 42.5 Å². The van der Waals surface area contributed by atoms with E-state index in [1.807, 2.05) is 0 Å². The minimum absolute atomic E-state index is 0.117. The van der Waals surface area contributed by atoms with Crippen LogP contribution in [-0.2, 0) is 0 Å². The van der Waals surface area contributed by atoms with E-state index in [0.29, 0.717) is 38.6 Å². The zero-order valence-electron chi connectivity index (χ0n) is 19.7. The lowest BCUT2D eigenvalue weighted by Crippen LogP contribution is -2.36. The first-order chi connectivity index (χ1) is 17.1. The van der Waals surface area contributed by atoms with Gasteiger partial charge in [-0.15, -0.1) is 0 Å². The van der Waals surface area contributed by atoms with Gasteiger partial charge in [0.2, 0.25) is 0 Å². The van der Waals surface area contributed by atoms with E-state index in [4.69, 9.17) is 27.9 Å². The van der Waals surface area contributed by atoms with Crippen LogP contribution in [0.5, 0.6) is 5.75 Å². The fourth-order valence-electron chi connectivity index (χ4n) is 4.36. The number of benzene rings is 2. The van der Waals surface area contributed by atoms with Gasteiger partial charge in [0, 0.05) is 22.3 Å². The van der Waals surface area contributed by atoms with Gasteiger partial charge >= 0.3 is 6.18 Å². The van der Waals surface area contributed by atoms with Gasteiger partial charge in [-0.2, -0.15) is 13.2 Å². The van der Waals surface area contributed by atoms with E-state index in [0.717, 1.165) is 25.7 Å². The van der Waals surface area contributed by atoms with Crippen LogP contribution in [0.4, 0.5) is 13.2 Å². The van der Waals surface area contributed by atoms with Crippen molar-refractivity contribution in [3.63, 3.8) is 0 Å². The van der Waals surface area contributed by atoms with Crippen LogP contribution in [0.25, 0.3) is 17.1 Å². The molecule has 36 heavy (non-hydrogen) atoms. The van der Waals surface area contributed by atoms with Crippen molar-refractivity contribution in [1.82, 2.24) is 14.9 Å². The van der Waals surface area contributed by atoms with Crippen LogP contribution in [0.1, 0.15) is 54.7 Å². The van der Waals surface area contributed by atoms with Crippen LogP contribution >= 0.6 is 23.2 Å². The number of carbonyl (C=O) groups is 1. The molecule has 0 saturated heterocycles. The van der Waals surface area contributed by atoms with Gasteiger partial charge in [0.15, 0.2) is 0 Å². The molecule has 1 fully saturated rings. The van der Waals surface area contributed by atoms with Gasteiger partial charge in [0.05, 0.1) is 23.7 Å². The molecule has 1 aromatic heterocycles. The predicted octanol–water partition coefficient (Wildman–Crippen LogP) is 7.55. The summed E-state index contributed by atoms with van der Waals surface area (Å²) in [6.45, 7) is 1.33. The van der Waals surface area contributed by atoms with E-state index < -0.39 is 19.2 Å². The Morgan fingerprint density at radius 3 is 2.44 bits per heavy atom. The zero-order chi connectivity index (χ0) is 25.9. The average molecular weight is 540 g/mol. The van der Waals surface area contributed by atoms with E-state index in [9.17, 15) is 18.0 Å². The van der Waals surface area contributed by atoms with Crippen molar-refractivity contribution in [3.8, 4) is 22.8 Å². The molecule has 0 atom stereocenters. The number of halogens is 5. The molecule has 0 radical (unpaired) electrons. The number of amides is 1. The largest absolute Gasteiger partial charge is 0.493 e. The van der Waals surface area contributed by atoms with Gasteiger partial charge in [-0.25, -0.2) is 4.98 Å². The molecule has 4 rings (SSSR count). The van der Waals surface area contributed by atoms with Gasteiger partial charge < -0.3 is 10.1 Å². The number of aromatic nitrogens is 2.